The van der Waals surface area contributed by atoms with Crippen molar-refractivity contribution < 1.29 is 5.21 Å². The van der Waals surface area contributed by atoms with E-state index >= 15 is 0 Å². The van der Waals surface area contributed by atoms with E-state index in [9.17, 15) is 0 Å². The summed E-state index contributed by atoms with van der Waals surface area (Å²) < 4.78 is 0. The Hall–Kier alpha value is -1.59. The Balaban J connectivity index is 3.02. The zero-order valence-electron chi connectivity index (χ0n) is 8.52. The van der Waals surface area contributed by atoms with Crippen LogP contribution in [0.4, 0.5) is 5.82 Å². The zero-order chi connectivity index (χ0) is 10.6. The van der Waals surface area contributed by atoms with E-state index in [1.807, 2.05) is 21.7 Å². The second-order valence-electron chi connectivity index (χ2n) is 3.29. The van der Waals surface area contributed by atoms with E-state index in [2.05, 4.69) is 20.4 Å². The molecule has 14 heavy (non-hydrogen) atoms. The summed E-state index contributed by atoms with van der Waals surface area (Å²) in [5.74, 6) is 0.912. The highest BCUT2D eigenvalue weighted by Gasteiger charge is 2.08. The molecule has 0 unspecified atom stereocenters. The SMILES string of the molecule is Bc1cnc(C(C)C)c(N/C=N/O)n1. The minimum atomic E-state index is 0.276. The minimum Gasteiger partial charge on any atom is -0.410 e. The van der Waals surface area contributed by atoms with Gasteiger partial charge in [0.05, 0.1) is 5.69 Å². The average Bonchev–Trinajstić information content (AvgIpc) is 2.14. The second kappa shape index (κ2) is 4.60. The molecule has 0 aliphatic rings. The lowest BCUT2D eigenvalue weighted by atomic mass is 10.0. The van der Waals surface area contributed by atoms with Gasteiger partial charge in [-0.15, -0.1) is 0 Å². The molecule has 0 aromatic carbocycles. The zero-order valence-corrected chi connectivity index (χ0v) is 8.52. The highest BCUT2D eigenvalue weighted by molar-refractivity contribution is 6.30. The van der Waals surface area contributed by atoms with Crippen molar-refractivity contribution in [1.29, 1.82) is 0 Å². The van der Waals surface area contributed by atoms with Gasteiger partial charge in [0.2, 0.25) is 0 Å². The van der Waals surface area contributed by atoms with Crippen LogP contribution in [0, 0.1) is 0 Å². The van der Waals surface area contributed by atoms with Gasteiger partial charge in [-0.25, -0.2) is 4.98 Å². The molecule has 0 aliphatic carbocycles. The molecular formula is C8H13BN4O. The predicted molar refractivity (Wildman–Crippen MR) is 58.2 cm³/mol. The molecule has 74 valence electrons. The number of aromatic nitrogens is 2. The summed E-state index contributed by atoms with van der Waals surface area (Å²) in [6.07, 6.45) is 2.89. The van der Waals surface area contributed by atoms with Crippen LogP contribution in [0.2, 0.25) is 0 Å². The number of hydrogen-bond acceptors (Lipinski definition) is 4. The van der Waals surface area contributed by atoms with Gasteiger partial charge in [0, 0.05) is 11.8 Å². The molecule has 5 nitrogen and oxygen atoms in total. The Labute approximate surface area is 83.7 Å². The Kier molecular flexibility index (Phi) is 3.44. The first-order chi connectivity index (χ1) is 6.65. The molecule has 1 rings (SSSR count). The molecule has 1 heterocycles. The third kappa shape index (κ3) is 2.45. The van der Waals surface area contributed by atoms with E-state index in [1.54, 1.807) is 6.20 Å². The topological polar surface area (TPSA) is 70.4 Å². The van der Waals surface area contributed by atoms with Gasteiger partial charge in [-0.3, -0.25) is 4.98 Å². The summed E-state index contributed by atoms with van der Waals surface area (Å²) >= 11 is 0. The maximum Gasteiger partial charge on any atom is 0.166 e. The summed E-state index contributed by atoms with van der Waals surface area (Å²) in [6.45, 7) is 4.06. The smallest absolute Gasteiger partial charge is 0.166 e. The summed E-state index contributed by atoms with van der Waals surface area (Å²) in [7, 11) is 1.86. The van der Waals surface area contributed by atoms with Gasteiger partial charge >= 0.3 is 0 Å². The molecule has 0 aliphatic heterocycles. The lowest BCUT2D eigenvalue weighted by Gasteiger charge is -2.10. The summed E-state index contributed by atoms with van der Waals surface area (Å²) in [5.41, 5.74) is 1.68. The van der Waals surface area contributed by atoms with E-state index in [0.717, 1.165) is 11.3 Å². The number of rotatable bonds is 3. The number of anilines is 1. The van der Waals surface area contributed by atoms with E-state index in [4.69, 9.17) is 5.21 Å². The lowest BCUT2D eigenvalue weighted by Crippen LogP contribution is -2.16. The van der Waals surface area contributed by atoms with E-state index in [0.29, 0.717) is 5.82 Å². The van der Waals surface area contributed by atoms with Gasteiger partial charge in [0.15, 0.2) is 13.7 Å². The van der Waals surface area contributed by atoms with Gasteiger partial charge in [-0.2, -0.15) is 0 Å². The van der Waals surface area contributed by atoms with Crippen LogP contribution in [0.25, 0.3) is 0 Å². The van der Waals surface area contributed by atoms with Crippen LogP contribution >= 0.6 is 0 Å². The van der Waals surface area contributed by atoms with Gasteiger partial charge in [0.25, 0.3) is 0 Å². The van der Waals surface area contributed by atoms with Gasteiger partial charge < -0.3 is 10.5 Å². The molecule has 0 amide bonds. The predicted octanol–water partition coefficient (Wildman–Crippen LogP) is -0.312. The number of nitrogens with one attached hydrogen (secondary N) is 1. The molecule has 2 N–H and O–H groups in total. The summed E-state index contributed by atoms with van der Waals surface area (Å²) in [6, 6.07) is 0. The van der Waals surface area contributed by atoms with E-state index in [-0.39, 0.29) is 5.92 Å². The van der Waals surface area contributed by atoms with Crippen molar-refractivity contribution in [2.24, 2.45) is 5.16 Å². The van der Waals surface area contributed by atoms with Crippen molar-refractivity contribution in [3.8, 4) is 0 Å². The number of hydrogen-bond donors (Lipinski definition) is 2. The molecule has 1 aromatic heterocycles. The monoisotopic (exact) mass is 192 g/mol. The van der Waals surface area contributed by atoms with Crippen molar-refractivity contribution >= 4 is 25.6 Å². The Bertz CT molecular complexity index is 340. The number of nitrogens with zero attached hydrogens (tertiary/aromatic N) is 3. The quantitative estimate of drug-likeness (QED) is 0.226. The van der Waals surface area contributed by atoms with Crippen molar-refractivity contribution in [3.05, 3.63) is 11.9 Å². The Morgan fingerprint density at radius 3 is 2.93 bits per heavy atom. The first-order valence-corrected chi connectivity index (χ1v) is 4.41. The summed E-state index contributed by atoms with van der Waals surface area (Å²) in [5, 5.41) is 13.9. The van der Waals surface area contributed by atoms with Gasteiger partial charge in [-0.05, 0) is 5.92 Å². The first kappa shape index (κ1) is 10.5. The lowest BCUT2D eigenvalue weighted by molar-refractivity contribution is 0.321. The molecule has 0 saturated carbocycles. The van der Waals surface area contributed by atoms with Crippen LogP contribution in [0.15, 0.2) is 11.4 Å². The fraction of sp³-hybridized carbons (Fsp3) is 0.375. The molecule has 0 radical (unpaired) electrons. The molecule has 0 fully saturated rings. The summed E-state index contributed by atoms with van der Waals surface area (Å²) in [4.78, 5) is 8.52. The minimum absolute atomic E-state index is 0.276. The van der Waals surface area contributed by atoms with Crippen molar-refractivity contribution in [1.82, 2.24) is 9.97 Å². The standard InChI is InChI=1S/C8H13BN4O/c1-5(2)7-8(11-4-12-14)13-6(9)3-10-7/h3-5,14H,9H2,1-2H3,(H,11,12,13). The molecule has 1 aromatic rings. The second-order valence-corrected chi connectivity index (χ2v) is 3.29. The maximum atomic E-state index is 8.29. The van der Waals surface area contributed by atoms with Gasteiger partial charge in [0.1, 0.15) is 6.34 Å². The molecule has 0 spiro atoms. The van der Waals surface area contributed by atoms with Crippen molar-refractivity contribution in [2.75, 3.05) is 5.32 Å². The normalized spacial score (nSPS) is 11.1. The fourth-order valence-electron chi connectivity index (χ4n) is 1.11. The Morgan fingerprint density at radius 2 is 2.36 bits per heavy atom. The molecule has 0 bridgehead atoms. The van der Waals surface area contributed by atoms with Crippen LogP contribution in [0.3, 0.4) is 0 Å². The van der Waals surface area contributed by atoms with Gasteiger partial charge in [-0.1, -0.05) is 19.0 Å². The molecule has 6 heteroatoms. The molecule has 0 saturated heterocycles. The van der Waals surface area contributed by atoms with Crippen LogP contribution in [0.5, 0.6) is 0 Å². The van der Waals surface area contributed by atoms with Crippen LogP contribution < -0.4 is 10.9 Å². The van der Waals surface area contributed by atoms with E-state index < -0.39 is 0 Å². The molecule has 0 atom stereocenters. The largest absolute Gasteiger partial charge is 0.410 e. The van der Waals surface area contributed by atoms with Crippen molar-refractivity contribution in [3.63, 3.8) is 0 Å². The number of oxime groups is 1. The highest BCUT2D eigenvalue weighted by Crippen LogP contribution is 2.17. The Morgan fingerprint density at radius 1 is 1.64 bits per heavy atom. The average molecular weight is 192 g/mol. The van der Waals surface area contributed by atoms with Crippen molar-refractivity contribution in [2.45, 2.75) is 19.8 Å². The molecular weight excluding hydrogens is 179 g/mol. The first-order valence-electron chi connectivity index (χ1n) is 4.41. The van der Waals surface area contributed by atoms with Crippen LogP contribution in [-0.4, -0.2) is 29.4 Å². The maximum absolute atomic E-state index is 8.29. The fourth-order valence-corrected chi connectivity index (χ4v) is 1.11. The third-order valence-corrected chi connectivity index (χ3v) is 1.73. The highest BCUT2D eigenvalue weighted by atomic mass is 16.4. The van der Waals surface area contributed by atoms with E-state index in [1.165, 1.54) is 6.34 Å². The third-order valence-electron chi connectivity index (χ3n) is 1.73. The van der Waals surface area contributed by atoms with Crippen LogP contribution in [-0.2, 0) is 0 Å². The van der Waals surface area contributed by atoms with Crippen LogP contribution in [0.1, 0.15) is 25.5 Å².